The van der Waals surface area contributed by atoms with Gasteiger partial charge in [-0.05, 0) is 31.5 Å². The SMILES string of the molecule is CCNc1nc(NCc2ccc(C)nc2)c(Cl)cc1Cl. The van der Waals surface area contributed by atoms with Gasteiger partial charge in [-0.1, -0.05) is 29.3 Å². The summed E-state index contributed by atoms with van der Waals surface area (Å²) in [5, 5.41) is 7.30. The summed E-state index contributed by atoms with van der Waals surface area (Å²) in [6.45, 7) is 5.29. The Kier molecular flexibility index (Phi) is 5.04. The zero-order valence-corrected chi connectivity index (χ0v) is 12.9. The minimum absolute atomic E-state index is 0.497. The second-order valence-electron chi connectivity index (χ2n) is 4.34. The first-order valence-corrected chi connectivity index (χ1v) is 7.11. The van der Waals surface area contributed by atoms with E-state index in [-0.39, 0.29) is 0 Å². The molecule has 4 nitrogen and oxygen atoms in total. The molecule has 0 atom stereocenters. The van der Waals surface area contributed by atoms with Crippen molar-refractivity contribution in [2.24, 2.45) is 0 Å². The first kappa shape index (κ1) is 14.9. The summed E-state index contributed by atoms with van der Waals surface area (Å²) in [5.41, 5.74) is 2.05. The number of hydrogen-bond donors (Lipinski definition) is 2. The van der Waals surface area contributed by atoms with E-state index in [0.29, 0.717) is 28.2 Å². The fraction of sp³-hybridized carbons (Fsp3) is 0.286. The monoisotopic (exact) mass is 310 g/mol. The molecule has 2 N–H and O–H groups in total. The van der Waals surface area contributed by atoms with Gasteiger partial charge in [-0.3, -0.25) is 4.98 Å². The van der Waals surface area contributed by atoms with Crippen LogP contribution in [0.1, 0.15) is 18.2 Å². The minimum Gasteiger partial charge on any atom is -0.369 e. The van der Waals surface area contributed by atoms with Crippen molar-refractivity contribution < 1.29 is 0 Å². The summed E-state index contributed by atoms with van der Waals surface area (Å²) >= 11 is 12.2. The third-order valence-corrected chi connectivity index (χ3v) is 3.28. The molecule has 106 valence electrons. The summed E-state index contributed by atoms with van der Waals surface area (Å²) in [6.07, 6.45) is 1.83. The first-order chi connectivity index (χ1) is 9.60. The van der Waals surface area contributed by atoms with Gasteiger partial charge in [0.25, 0.3) is 0 Å². The molecule has 2 aromatic heterocycles. The lowest BCUT2D eigenvalue weighted by atomic mass is 10.2. The van der Waals surface area contributed by atoms with Crippen LogP contribution in [-0.2, 0) is 6.54 Å². The molecule has 0 saturated heterocycles. The molecule has 0 amide bonds. The highest BCUT2D eigenvalue weighted by atomic mass is 35.5. The van der Waals surface area contributed by atoms with Gasteiger partial charge in [0, 0.05) is 25.0 Å². The van der Waals surface area contributed by atoms with Gasteiger partial charge in [-0.25, -0.2) is 4.98 Å². The van der Waals surface area contributed by atoms with Crippen LogP contribution in [0, 0.1) is 6.92 Å². The summed E-state index contributed by atoms with van der Waals surface area (Å²) in [4.78, 5) is 8.64. The highest BCUT2D eigenvalue weighted by Crippen LogP contribution is 2.29. The molecular weight excluding hydrogens is 295 g/mol. The van der Waals surface area contributed by atoms with E-state index < -0.39 is 0 Å². The van der Waals surface area contributed by atoms with Gasteiger partial charge >= 0.3 is 0 Å². The van der Waals surface area contributed by atoms with Crippen molar-refractivity contribution in [2.75, 3.05) is 17.2 Å². The number of rotatable bonds is 5. The van der Waals surface area contributed by atoms with Crippen LogP contribution in [0.5, 0.6) is 0 Å². The van der Waals surface area contributed by atoms with Crippen LogP contribution in [-0.4, -0.2) is 16.5 Å². The number of nitrogens with one attached hydrogen (secondary N) is 2. The lowest BCUT2D eigenvalue weighted by molar-refractivity contribution is 1.06. The second-order valence-corrected chi connectivity index (χ2v) is 5.16. The predicted octanol–water partition coefficient (Wildman–Crippen LogP) is 4.14. The van der Waals surface area contributed by atoms with Crippen LogP contribution in [0.25, 0.3) is 0 Å². The lowest BCUT2D eigenvalue weighted by Crippen LogP contribution is -2.06. The number of halogens is 2. The van der Waals surface area contributed by atoms with E-state index in [1.807, 2.05) is 32.2 Å². The summed E-state index contributed by atoms with van der Waals surface area (Å²) in [7, 11) is 0. The average molecular weight is 311 g/mol. The molecule has 2 aromatic rings. The molecule has 0 aromatic carbocycles. The van der Waals surface area contributed by atoms with E-state index in [2.05, 4.69) is 20.6 Å². The number of anilines is 2. The molecule has 0 saturated carbocycles. The standard InChI is InChI=1S/C14H16Cl2N4/c1-3-17-13-11(15)6-12(16)14(20-13)19-8-10-5-4-9(2)18-7-10/h4-7H,3,8H2,1-2H3,(H2,17,19,20). The second kappa shape index (κ2) is 6.77. The van der Waals surface area contributed by atoms with Crippen LogP contribution in [0.3, 0.4) is 0 Å². The van der Waals surface area contributed by atoms with E-state index in [1.165, 1.54) is 0 Å². The van der Waals surface area contributed by atoms with Crippen LogP contribution >= 0.6 is 23.2 Å². The highest BCUT2D eigenvalue weighted by Gasteiger charge is 2.08. The zero-order valence-electron chi connectivity index (χ0n) is 11.4. The number of aromatic nitrogens is 2. The Bertz CT molecular complexity index is 584. The minimum atomic E-state index is 0.497. The van der Waals surface area contributed by atoms with Crippen molar-refractivity contribution in [3.8, 4) is 0 Å². The van der Waals surface area contributed by atoms with Gasteiger partial charge in [-0.15, -0.1) is 0 Å². The Morgan fingerprint density at radius 1 is 1.10 bits per heavy atom. The Hall–Kier alpha value is -1.52. The van der Waals surface area contributed by atoms with Crippen LogP contribution in [0.4, 0.5) is 11.6 Å². The molecule has 20 heavy (non-hydrogen) atoms. The first-order valence-electron chi connectivity index (χ1n) is 6.35. The van der Waals surface area contributed by atoms with E-state index in [0.717, 1.165) is 17.8 Å². The topological polar surface area (TPSA) is 49.8 Å². The maximum atomic E-state index is 6.14. The van der Waals surface area contributed by atoms with E-state index in [4.69, 9.17) is 23.2 Å². The van der Waals surface area contributed by atoms with Crippen molar-refractivity contribution in [1.82, 2.24) is 9.97 Å². The van der Waals surface area contributed by atoms with E-state index >= 15 is 0 Å². The van der Waals surface area contributed by atoms with Crippen molar-refractivity contribution >= 4 is 34.8 Å². The van der Waals surface area contributed by atoms with Crippen molar-refractivity contribution in [2.45, 2.75) is 20.4 Å². The molecule has 0 fully saturated rings. The van der Waals surface area contributed by atoms with Gasteiger partial charge in [-0.2, -0.15) is 0 Å². The molecule has 0 radical (unpaired) electrons. The van der Waals surface area contributed by atoms with E-state index in [9.17, 15) is 0 Å². The molecule has 0 unspecified atom stereocenters. The third-order valence-electron chi connectivity index (χ3n) is 2.71. The average Bonchev–Trinajstić information content (AvgIpc) is 2.42. The number of pyridine rings is 2. The van der Waals surface area contributed by atoms with Gasteiger partial charge in [0.15, 0.2) is 0 Å². The number of nitrogens with zero attached hydrogens (tertiary/aromatic N) is 2. The molecule has 0 aliphatic heterocycles. The third kappa shape index (κ3) is 3.74. The fourth-order valence-electron chi connectivity index (χ4n) is 1.67. The largest absolute Gasteiger partial charge is 0.369 e. The van der Waals surface area contributed by atoms with Crippen molar-refractivity contribution in [3.05, 3.63) is 45.7 Å². The fourth-order valence-corrected chi connectivity index (χ4v) is 2.16. The summed E-state index contributed by atoms with van der Waals surface area (Å²) in [5.74, 6) is 1.23. The van der Waals surface area contributed by atoms with Gasteiger partial charge in [0.2, 0.25) is 0 Å². The normalized spacial score (nSPS) is 10.4. The number of aryl methyl sites for hydroxylation is 1. The molecule has 6 heteroatoms. The van der Waals surface area contributed by atoms with Crippen molar-refractivity contribution in [1.29, 1.82) is 0 Å². The Labute approximate surface area is 128 Å². The van der Waals surface area contributed by atoms with Crippen molar-refractivity contribution in [3.63, 3.8) is 0 Å². The van der Waals surface area contributed by atoms with Gasteiger partial charge < -0.3 is 10.6 Å². The highest BCUT2D eigenvalue weighted by molar-refractivity contribution is 6.37. The molecular formula is C14H16Cl2N4. The molecule has 0 bridgehead atoms. The number of hydrogen-bond acceptors (Lipinski definition) is 4. The smallest absolute Gasteiger partial charge is 0.147 e. The van der Waals surface area contributed by atoms with Crippen LogP contribution < -0.4 is 10.6 Å². The van der Waals surface area contributed by atoms with Gasteiger partial charge in [0.1, 0.15) is 11.6 Å². The quantitative estimate of drug-likeness (QED) is 0.871. The maximum Gasteiger partial charge on any atom is 0.147 e. The Morgan fingerprint density at radius 2 is 1.80 bits per heavy atom. The molecule has 0 spiro atoms. The Morgan fingerprint density at radius 3 is 2.40 bits per heavy atom. The molecule has 2 heterocycles. The summed E-state index contributed by atoms with van der Waals surface area (Å²) in [6, 6.07) is 5.67. The predicted molar refractivity (Wildman–Crippen MR) is 84.7 cm³/mol. The van der Waals surface area contributed by atoms with Crippen LogP contribution in [0.2, 0.25) is 10.0 Å². The molecule has 2 rings (SSSR count). The lowest BCUT2D eigenvalue weighted by Gasteiger charge is -2.11. The Balaban J connectivity index is 2.12. The maximum absolute atomic E-state index is 6.14. The molecule has 0 aliphatic rings. The zero-order chi connectivity index (χ0) is 14.5. The molecule has 0 aliphatic carbocycles. The van der Waals surface area contributed by atoms with E-state index in [1.54, 1.807) is 6.07 Å². The van der Waals surface area contributed by atoms with Gasteiger partial charge in [0.05, 0.1) is 10.0 Å². The van der Waals surface area contributed by atoms with Crippen LogP contribution in [0.15, 0.2) is 24.4 Å². The summed E-state index contributed by atoms with van der Waals surface area (Å²) < 4.78 is 0.